The van der Waals surface area contributed by atoms with Crippen LogP contribution in [-0.4, -0.2) is 22.6 Å². The first-order valence-corrected chi connectivity index (χ1v) is 9.17. The maximum absolute atomic E-state index is 13.0. The molecule has 0 spiro atoms. The highest BCUT2D eigenvalue weighted by Gasteiger charge is 2.31. The van der Waals surface area contributed by atoms with Crippen molar-refractivity contribution in [3.8, 4) is 5.69 Å². The summed E-state index contributed by atoms with van der Waals surface area (Å²) in [5.74, 6) is 0. The molecule has 1 aliphatic heterocycles. The van der Waals surface area contributed by atoms with Crippen molar-refractivity contribution >= 4 is 0 Å². The molecule has 146 valence electrons. The molecule has 1 saturated heterocycles. The van der Waals surface area contributed by atoms with E-state index < -0.39 is 11.7 Å². The number of hydrogen-bond donors (Lipinski definition) is 0. The van der Waals surface area contributed by atoms with E-state index in [2.05, 4.69) is 30.0 Å². The molecule has 1 atom stereocenters. The minimum Gasteiger partial charge on any atom is -0.357 e. The van der Waals surface area contributed by atoms with Gasteiger partial charge in [0.15, 0.2) is 0 Å². The summed E-state index contributed by atoms with van der Waals surface area (Å²) in [5.41, 5.74) is 3.18. The molecule has 1 fully saturated rings. The van der Waals surface area contributed by atoms with Gasteiger partial charge in [-0.25, -0.2) is 0 Å². The number of alkyl halides is 3. The summed E-state index contributed by atoms with van der Waals surface area (Å²) in [4.78, 5) is 2.24. The van der Waals surface area contributed by atoms with Gasteiger partial charge in [0, 0.05) is 36.7 Å². The number of benzene rings is 2. The van der Waals surface area contributed by atoms with Gasteiger partial charge in [-0.1, -0.05) is 35.9 Å². The van der Waals surface area contributed by atoms with Gasteiger partial charge in [-0.15, -0.1) is 0 Å². The first kappa shape index (κ1) is 18.8. The molecule has 0 aliphatic carbocycles. The van der Waals surface area contributed by atoms with Crippen molar-refractivity contribution in [2.75, 3.05) is 13.2 Å². The van der Waals surface area contributed by atoms with Gasteiger partial charge in [-0.3, -0.25) is 4.90 Å². The van der Waals surface area contributed by atoms with Crippen molar-refractivity contribution in [2.24, 2.45) is 0 Å². The summed E-state index contributed by atoms with van der Waals surface area (Å²) >= 11 is 0. The highest BCUT2D eigenvalue weighted by atomic mass is 19.4. The molecule has 0 saturated carbocycles. The second kappa shape index (κ2) is 7.45. The van der Waals surface area contributed by atoms with E-state index in [0.29, 0.717) is 12.3 Å². The Morgan fingerprint density at radius 2 is 1.89 bits per heavy atom. The minimum absolute atomic E-state index is 0.201. The Kier molecular flexibility index (Phi) is 5.00. The van der Waals surface area contributed by atoms with Crippen molar-refractivity contribution < 1.29 is 17.9 Å². The zero-order valence-electron chi connectivity index (χ0n) is 15.5. The summed E-state index contributed by atoms with van der Waals surface area (Å²) in [6.45, 7) is 4.27. The number of rotatable bonds is 4. The molecule has 0 N–H and O–H groups in total. The Morgan fingerprint density at radius 3 is 2.68 bits per heavy atom. The largest absolute Gasteiger partial charge is 0.416 e. The molecule has 6 heteroatoms. The van der Waals surface area contributed by atoms with E-state index in [1.165, 1.54) is 17.2 Å². The summed E-state index contributed by atoms with van der Waals surface area (Å²) in [6, 6.07) is 15.6. The van der Waals surface area contributed by atoms with Crippen LogP contribution >= 0.6 is 0 Å². The fourth-order valence-corrected chi connectivity index (χ4v) is 3.58. The Labute approximate surface area is 162 Å². The van der Waals surface area contributed by atoms with Gasteiger partial charge in [0.25, 0.3) is 0 Å². The lowest BCUT2D eigenvalue weighted by atomic mass is 10.1. The lowest BCUT2D eigenvalue weighted by Crippen LogP contribution is -2.23. The lowest BCUT2D eigenvalue weighted by molar-refractivity contribution is -0.137. The molecule has 0 bridgehead atoms. The Balaban J connectivity index is 1.55. The minimum atomic E-state index is -4.36. The van der Waals surface area contributed by atoms with Crippen LogP contribution in [0.4, 0.5) is 13.2 Å². The highest BCUT2D eigenvalue weighted by Crippen LogP contribution is 2.32. The Hall–Kier alpha value is -2.57. The lowest BCUT2D eigenvalue weighted by Gasteiger charge is -2.22. The van der Waals surface area contributed by atoms with Crippen LogP contribution in [0.5, 0.6) is 0 Å². The van der Waals surface area contributed by atoms with Gasteiger partial charge in [0.1, 0.15) is 6.23 Å². The number of ether oxygens (including phenoxy) is 1. The average Bonchev–Trinajstić information content (AvgIpc) is 3.30. The molecule has 0 amide bonds. The SMILES string of the molecule is Cc1cccc(CN2CCOC2c2ccn(-c3cccc(C(F)(F)F)c3)c2)c1. The first-order valence-electron chi connectivity index (χ1n) is 9.17. The normalized spacial score (nSPS) is 17.9. The maximum atomic E-state index is 13.0. The third-order valence-corrected chi connectivity index (χ3v) is 4.93. The van der Waals surface area contributed by atoms with E-state index in [9.17, 15) is 13.2 Å². The summed E-state index contributed by atoms with van der Waals surface area (Å²) < 4.78 is 46.6. The van der Waals surface area contributed by atoms with Gasteiger partial charge in [0.05, 0.1) is 12.2 Å². The van der Waals surface area contributed by atoms with Gasteiger partial charge >= 0.3 is 6.18 Å². The maximum Gasteiger partial charge on any atom is 0.416 e. The van der Waals surface area contributed by atoms with Crippen molar-refractivity contribution in [3.63, 3.8) is 0 Å². The number of halogens is 3. The van der Waals surface area contributed by atoms with E-state index in [1.807, 2.05) is 18.3 Å². The van der Waals surface area contributed by atoms with Crippen molar-refractivity contribution in [1.29, 1.82) is 0 Å². The molecule has 1 aliphatic rings. The second-order valence-electron chi connectivity index (χ2n) is 7.08. The monoisotopic (exact) mass is 386 g/mol. The third-order valence-electron chi connectivity index (χ3n) is 4.93. The molecule has 1 unspecified atom stereocenters. The van der Waals surface area contributed by atoms with Crippen LogP contribution in [0, 0.1) is 6.92 Å². The van der Waals surface area contributed by atoms with Crippen LogP contribution in [0.25, 0.3) is 5.69 Å². The smallest absolute Gasteiger partial charge is 0.357 e. The molecule has 3 nitrogen and oxygen atoms in total. The number of hydrogen-bond acceptors (Lipinski definition) is 2. The summed E-state index contributed by atoms with van der Waals surface area (Å²) in [6.07, 6.45) is -0.940. The van der Waals surface area contributed by atoms with Crippen molar-refractivity contribution in [1.82, 2.24) is 9.47 Å². The third kappa shape index (κ3) is 3.98. The van der Waals surface area contributed by atoms with Crippen LogP contribution in [0.3, 0.4) is 0 Å². The molecular weight excluding hydrogens is 365 g/mol. The van der Waals surface area contributed by atoms with E-state index >= 15 is 0 Å². The first-order chi connectivity index (χ1) is 13.4. The average molecular weight is 386 g/mol. The second-order valence-corrected chi connectivity index (χ2v) is 7.08. The van der Waals surface area contributed by atoms with Gasteiger partial charge in [-0.2, -0.15) is 13.2 Å². The zero-order chi connectivity index (χ0) is 19.7. The standard InChI is InChI=1S/C22H21F3N2O/c1-16-4-2-5-17(12-16)14-27-10-11-28-21(27)18-8-9-26(15-18)20-7-3-6-19(13-20)22(23,24)25/h2-9,12-13,15,21H,10-11,14H2,1H3. The Bertz CT molecular complexity index is 964. The number of nitrogens with zero attached hydrogens (tertiary/aromatic N) is 2. The van der Waals surface area contributed by atoms with Gasteiger partial charge < -0.3 is 9.30 Å². The van der Waals surface area contributed by atoms with E-state index in [1.54, 1.807) is 16.8 Å². The molecular formula is C22H21F3N2O. The highest BCUT2D eigenvalue weighted by molar-refractivity contribution is 5.39. The predicted molar refractivity (Wildman–Crippen MR) is 101 cm³/mol. The quantitative estimate of drug-likeness (QED) is 0.603. The molecule has 0 radical (unpaired) electrons. The van der Waals surface area contributed by atoms with Crippen LogP contribution < -0.4 is 0 Å². The van der Waals surface area contributed by atoms with Crippen LogP contribution in [-0.2, 0) is 17.5 Å². The summed E-state index contributed by atoms with van der Waals surface area (Å²) in [7, 11) is 0. The topological polar surface area (TPSA) is 17.4 Å². The fraction of sp³-hybridized carbons (Fsp3) is 0.273. The summed E-state index contributed by atoms with van der Waals surface area (Å²) in [5, 5.41) is 0. The number of aromatic nitrogens is 1. The van der Waals surface area contributed by atoms with E-state index in [4.69, 9.17) is 4.74 Å². The molecule has 4 rings (SSSR count). The van der Waals surface area contributed by atoms with Gasteiger partial charge in [0.2, 0.25) is 0 Å². The fourth-order valence-electron chi connectivity index (χ4n) is 3.58. The molecule has 28 heavy (non-hydrogen) atoms. The predicted octanol–water partition coefficient (Wildman–Crippen LogP) is 5.34. The number of aryl methyl sites for hydroxylation is 1. The van der Waals surface area contributed by atoms with E-state index in [-0.39, 0.29) is 6.23 Å². The van der Waals surface area contributed by atoms with Crippen LogP contribution in [0.15, 0.2) is 67.0 Å². The van der Waals surface area contributed by atoms with Crippen LogP contribution in [0.1, 0.15) is 28.5 Å². The van der Waals surface area contributed by atoms with Crippen molar-refractivity contribution in [3.05, 3.63) is 89.2 Å². The molecule has 2 aromatic carbocycles. The molecule has 2 heterocycles. The van der Waals surface area contributed by atoms with E-state index in [0.717, 1.165) is 30.8 Å². The van der Waals surface area contributed by atoms with Gasteiger partial charge in [-0.05, 0) is 36.8 Å². The Morgan fingerprint density at radius 1 is 1.07 bits per heavy atom. The molecule has 3 aromatic rings. The van der Waals surface area contributed by atoms with Crippen LogP contribution in [0.2, 0.25) is 0 Å². The zero-order valence-corrected chi connectivity index (χ0v) is 15.5. The molecule has 1 aromatic heterocycles. The van der Waals surface area contributed by atoms with Crippen molar-refractivity contribution in [2.45, 2.75) is 25.9 Å².